The van der Waals surface area contributed by atoms with E-state index in [2.05, 4.69) is 15.5 Å². The summed E-state index contributed by atoms with van der Waals surface area (Å²) in [5, 5.41) is 5.82. The Balaban J connectivity index is 1.70. The number of para-hydroxylation sites is 2. The molecule has 0 atom stereocenters. The molecular formula is C18H14F4N4O2. The zero-order valence-electron chi connectivity index (χ0n) is 14.5. The average molecular weight is 394 g/mol. The number of hydrogen-bond acceptors (Lipinski definition) is 4. The topological polar surface area (TPSA) is 68.5 Å². The van der Waals surface area contributed by atoms with Gasteiger partial charge in [-0.3, -0.25) is 9.36 Å². The van der Waals surface area contributed by atoms with Gasteiger partial charge in [-0.15, -0.1) is 0 Å². The number of hydrogen-bond donors (Lipinski definition) is 1. The molecule has 146 valence electrons. The average Bonchev–Trinajstić information content (AvgIpc) is 3.04. The third kappa shape index (κ3) is 4.11. The highest BCUT2D eigenvalue weighted by molar-refractivity contribution is 5.98. The molecule has 0 aliphatic carbocycles. The molecule has 0 saturated heterocycles. The standard InChI is InChI=1S/C18H14F4N4O2/c1-10(17-24-14-4-2-3-5-15(14)26(17)18(21)22)25-28-9-16(27)23-13-7-6-11(19)8-12(13)20/h2-8,18H,9H2,1H3,(H,23,27)/b25-10+. The van der Waals surface area contributed by atoms with Gasteiger partial charge in [-0.2, -0.15) is 8.78 Å². The van der Waals surface area contributed by atoms with Crippen LogP contribution in [0, 0.1) is 11.6 Å². The van der Waals surface area contributed by atoms with Crippen LogP contribution in [-0.2, 0) is 9.63 Å². The fourth-order valence-electron chi connectivity index (χ4n) is 2.50. The first-order chi connectivity index (χ1) is 13.4. The summed E-state index contributed by atoms with van der Waals surface area (Å²) in [6.45, 7) is -2.06. The van der Waals surface area contributed by atoms with Crippen molar-refractivity contribution in [3.05, 3.63) is 59.9 Å². The number of alkyl halides is 2. The molecule has 0 bridgehead atoms. The van der Waals surface area contributed by atoms with Crippen LogP contribution in [-0.4, -0.2) is 27.8 Å². The molecule has 0 unspecified atom stereocenters. The molecule has 0 radical (unpaired) electrons. The summed E-state index contributed by atoms with van der Waals surface area (Å²) >= 11 is 0. The van der Waals surface area contributed by atoms with E-state index in [-0.39, 0.29) is 22.7 Å². The molecule has 3 rings (SSSR count). The Morgan fingerprint density at radius 2 is 2.00 bits per heavy atom. The summed E-state index contributed by atoms with van der Waals surface area (Å²) in [5.74, 6) is -2.60. The third-order valence-electron chi connectivity index (χ3n) is 3.72. The molecule has 3 aromatic rings. The van der Waals surface area contributed by atoms with E-state index < -0.39 is 30.7 Å². The van der Waals surface area contributed by atoms with Gasteiger partial charge in [0.05, 0.1) is 16.7 Å². The second kappa shape index (κ2) is 8.07. The van der Waals surface area contributed by atoms with E-state index in [4.69, 9.17) is 4.84 Å². The molecule has 28 heavy (non-hydrogen) atoms. The highest BCUT2D eigenvalue weighted by Crippen LogP contribution is 2.23. The normalized spacial score (nSPS) is 11.9. The predicted octanol–water partition coefficient (Wildman–Crippen LogP) is 4.09. The second-order valence-corrected chi connectivity index (χ2v) is 5.69. The van der Waals surface area contributed by atoms with Crippen molar-refractivity contribution < 1.29 is 27.2 Å². The number of rotatable bonds is 6. The van der Waals surface area contributed by atoms with Crippen LogP contribution in [0.5, 0.6) is 0 Å². The van der Waals surface area contributed by atoms with Crippen molar-refractivity contribution >= 4 is 28.3 Å². The molecule has 1 N–H and O–H groups in total. The van der Waals surface area contributed by atoms with Crippen LogP contribution >= 0.6 is 0 Å². The van der Waals surface area contributed by atoms with Gasteiger partial charge in [0, 0.05) is 6.07 Å². The van der Waals surface area contributed by atoms with E-state index >= 15 is 0 Å². The molecular weight excluding hydrogens is 380 g/mol. The summed E-state index contributed by atoms with van der Waals surface area (Å²) in [7, 11) is 0. The molecule has 0 fully saturated rings. The van der Waals surface area contributed by atoms with Crippen molar-refractivity contribution in [1.82, 2.24) is 9.55 Å². The number of imidazole rings is 1. The number of anilines is 1. The van der Waals surface area contributed by atoms with Crippen LogP contribution in [0.4, 0.5) is 23.2 Å². The molecule has 0 saturated carbocycles. The highest BCUT2D eigenvalue weighted by atomic mass is 19.3. The lowest BCUT2D eigenvalue weighted by Gasteiger charge is -2.08. The first-order valence-corrected chi connectivity index (χ1v) is 8.03. The maximum atomic E-state index is 13.5. The van der Waals surface area contributed by atoms with Crippen molar-refractivity contribution in [2.45, 2.75) is 13.5 Å². The molecule has 1 aromatic heterocycles. The SMILES string of the molecule is C/C(=N\OCC(=O)Nc1ccc(F)cc1F)c1nc2ccccc2n1C(F)F. The quantitative estimate of drug-likeness (QED) is 0.389. The summed E-state index contributed by atoms with van der Waals surface area (Å²) < 4.78 is 53.9. The Hall–Kier alpha value is -3.43. The van der Waals surface area contributed by atoms with Gasteiger partial charge in [-0.25, -0.2) is 13.8 Å². The van der Waals surface area contributed by atoms with E-state index in [0.29, 0.717) is 16.2 Å². The number of benzene rings is 2. The monoisotopic (exact) mass is 394 g/mol. The third-order valence-corrected chi connectivity index (χ3v) is 3.72. The van der Waals surface area contributed by atoms with Gasteiger partial charge in [0.25, 0.3) is 5.91 Å². The van der Waals surface area contributed by atoms with Crippen molar-refractivity contribution in [2.75, 3.05) is 11.9 Å². The molecule has 2 aromatic carbocycles. The fraction of sp³-hybridized carbons (Fsp3) is 0.167. The minimum Gasteiger partial charge on any atom is -0.385 e. The van der Waals surface area contributed by atoms with E-state index in [1.165, 1.54) is 13.0 Å². The lowest BCUT2D eigenvalue weighted by molar-refractivity contribution is -0.120. The summed E-state index contributed by atoms with van der Waals surface area (Å²) in [5.41, 5.74) is 0.385. The van der Waals surface area contributed by atoms with Gasteiger partial charge in [0.15, 0.2) is 12.4 Å². The van der Waals surface area contributed by atoms with Crippen LogP contribution in [0.3, 0.4) is 0 Å². The van der Waals surface area contributed by atoms with E-state index in [1.807, 2.05) is 0 Å². The molecule has 0 aliphatic heterocycles. The molecule has 1 heterocycles. The van der Waals surface area contributed by atoms with Crippen LogP contribution in [0.2, 0.25) is 0 Å². The number of carbonyl (C=O) groups is 1. The molecule has 0 spiro atoms. The Morgan fingerprint density at radius 3 is 2.71 bits per heavy atom. The summed E-state index contributed by atoms with van der Waals surface area (Å²) in [4.78, 5) is 20.7. The summed E-state index contributed by atoms with van der Waals surface area (Å²) in [6, 6.07) is 9.01. The number of amides is 1. The first kappa shape index (κ1) is 19.3. The zero-order chi connectivity index (χ0) is 20.3. The number of carbonyl (C=O) groups excluding carboxylic acids is 1. The van der Waals surface area contributed by atoms with Crippen molar-refractivity contribution in [3.8, 4) is 0 Å². The van der Waals surface area contributed by atoms with E-state index in [0.717, 1.165) is 12.1 Å². The number of nitrogens with zero attached hydrogens (tertiary/aromatic N) is 3. The van der Waals surface area contributed by atoms with E-state index in [9.17, 15) is 22.4 Å². The molecule has 6 nitrogen and oxygen atoms in total. The molecule has 10 heteroatoms. The van der Waals surface area contributed by atoms with Crippen LogP contribution in [0.1, 0.15) is 19.3 Å². The fourth-order valence-corrected chi connectivity index (χ4v) is 2.50. The van der Waals surface area contributed by atoms with Gasteiger partial charge >= 0.3 is 6.55 Å². The van der Waals surface area contributed by atoms with Crippen LogP contribution < -0.4 is 5.32 Å². The smallest absolute Gasteiger partial charge is 0.320 e. The maximum Gasteiger partial charge on any atom is 0.320 e. The lowest BCUT2D eigenvalue weighted by atomic mass is 10.3. The van der Waals surface area contributed by atoms with Crippen molar-refractivity contribution in [1.29, 1.82) is 0 Å². The highest BCUT2D eigenvalue weighted by Gasteiger charge is 2.19. The number of halogens is 4. The minimum atomic E-state index is -2.85. The lowest BCUT2D eigenvalue weighted by Crippen LogP contribution is -2.18. The first-order valence-electron chi connectivity index (χ1n) is 8.03. The second-order valence-electron chi connectivity index (χ2n) is 5.69. The van der Waals surface area contributed by atoms with Gasteiger partial charge in [0.1, 0.15) is 17.3 Å². The number of fused-ring (bicyclic) bond motifs is 1. The Bertz CT molecular complexity index is 1050. The Kier molecular flexibility index (Phi) is 5.57. The predicted molar refractivity (Wildman–Crippen MR) is 94.1 cm³/mol. The largest absolute Gasteiger partial charge is 0.385 e. The number of nitrogens with one attached hydrogen (secondary N) is 1. The molecule has 1 amide bonds. The Morgan fingerprint density at radius 1 is 1.25 bits per heavy atom. The van der Waals surface area contributed by atoms with Gasteiger partial charge in [0.2, 0.25) is 0 Å². The summed E-state index contributed by atoms with van der Waals surface area (Å²) in [6.07, 6.45) is 0. The van der Waals surface area contributed by atoms with Crippen LogP contribution in [0.25, 0.3) is 11.0 Å². The van der Waals surface area contributed by atoms with Gasteiger partial charge in [-0.1, -0.05) is 17.3 Å². The molecule has 0 aliphatic rings. The Labute approximate surface area is 156 Å². The van der Waals surface area contributed by atoms with Gasteiger partial charge < -0.3 is 10.2 Å². The number of oxime groups is 1. The maximum absolute atomic E-state index is 13.5. The van der Waals surface area contributed by atoms with Crippen LogP contribution in [0.15, 0.2) is 47.6 Å². The zero-order valence-corrected chi connectivity index (χ0v) is 14.5. The number of aromatic nitrogens is 2. The minimum absolute atomic E-state index is 0.0252. The van der Waals surface area contributed by atoms with Crippen molar-refractivity contribution in [2.24, 2.45) is 5.16 Å². The van der Waals surface area contributed by atoms with E-state index in [1.54, 1.807) is 18.2 Å². The van der Waals surface area contributed by atoms with Crippen molar-refractivity contribution in [3.63, 3.8) is 0 Å². The van der Waals surface area contributed by atoms with Gasteiger partial charge in [-0.05, 0) is 31.2 Å².